The highest BCUT2D eigenvalue weighted by Gasteiger charge is 2.33. The lowest BCUT2D eigenvalue weighted by Crippen LogP contribution is -2.03. The zero-order chi connectivity index (χ0) is 6.27. The average molecular weight is 119 g/mol. The second-order valence-electron chi connectivity index (χ2n) is 3.00. The van der Waals surface area contributed by atoms with E-state index in [1.807, 2.05) is 0 Å². The molecule has 2 unspecified atom stereocenters. The van der Waals surface area contributed by atoms with Gasteiger partial charge in [0.2, 0.25) is 0 Å². The highest BCUT2D eigenvalue weighted by atomic mass is 14.4. The summed E-state index contributed by atoms with van der Waals surface area (Å²) < 4.78 is 0. The standard InChI is InChI=1S/C8H9N/c9-5-8-4-6-1-2-7(8)3-6/h1,7-8H,2-4H2. The number of rotatable bonds is 0. The van der Waals surface area contributed by atoms with Gasteiger partial charge in [0.15, 0.2) is 0 Å². The number of fused-ring (bicyclic) bond motifs is 2. The summed E-state index contributed by atoms with van der Waals surface area (Å²) in [5, 5.41) is 8.61. The van der Waals surface area contributed by atoms with Crippen LogP contribution in [0.1, 0.15) is 19.3 Å². The first-order chi connectivity index (χ1) is 4.40. The fraction of sp³-hybridized carbons (Fsp3) is 0.625. The molecule has 2 aliphatic carbocycles. The van der Waals surface area contributed by atoms with Crippen LogP contribution in [0.3, 0.4) is 0 Å². The maximum absolute atomic E-state index is 8.61. The molecule has 0 N–H and O–H groups in total. The van der Waals surface area contributed by atoms with Crippen LogP contribution in [0.4, 0.5) is 0 Å². The summed E-state index contributed by atoms with van der Waals surface area (Å²) in [5.74, 6) is 1.06. The van der Waals surface area contributed by atoms with Crippen LogP contribution in [-0.4, -0.2) is 0 Å². The van der Waals surface area contributed by atoms with Crippen LogP contribution in [0.2, 0.25) is 0 Å². The van der Waals surface area contributed by atoms with Gasteiger partial charge in [0.1, 0.15) is 0 Å². The molecule has 2 atom stereocenters. The third kappa shape index (κ3) is 0.595. The van der Waals surface area contributed by atoms with Crippen LogP contribution in [0.25, 0.3) is 0 Å². The zero-order valence-corrected chi connectivity index (χ0v) is 5.30. The van der Waals surface area contributed by atoms with Crippen molar-refractivity contribution in [1.29, 1.82) is 5.26 Å². The van der Waals surface area contributed by atoms with Crippen molar-refractivity contribution in [3.05, 3.63) is 11.6 Å². The van der Waals surface area contributed by atoms with Gasteiger partial charge < -0.3 is 0 Å². The van der Waals surface area contributed by atoms with Crippen LogP contribution in [0, 0.1) is 23.2 Å². The largest absolute Gasteiger partial charge is 0.198 e. The Balaban J connectivity index is 2.23. The van der Waals surface area contributed by atoms with Gasteiger partial charge in [-0.05, 0) is 25.2 Å². The van der Waals surface area contributed by atoms with Gasteiger partial charge in [0.25, 0.3) is 0 Å². The van der Waals surface area contributed by atoms with Crippen LogP contribution in [0.5, 0.6) is 0 Å². The van der Waals surface area contributed by atoms with Crippen molar-refractivity contribution < 1.29 is 0 Å². The van der Waals surface area contributed by atoms with E-state index in [0.29, 0.717) is 11.8 Å². The lowest BCUT2D eigenvalue weighted by atomic mass is 9.94. The Labute approximate surface area is 55.0 Å². The first kappa shape index (κ1) is 5.05. The van der Waals surface area contributed by atoms with Gasteiger partial charge in [0.05, 0.1) is 12.0 Å². The average Bonchev–Trinajstić information content (AvgIpc) is 2.45. The molecule has 1 fully saturated rings. The Morgan fingerprint density at radius 1 is 1.56 bits per heavy atom. The summed E-state index contributed by atoms with van der Waals surface area (Å²) in [6.07, 6.45) is 5.77. The molecule has 1 nitrogen and oxygen atoms in total. The summed E-state index contributed by atoms with van der Waals surface area (Å²) in [5.41, 5.74) is 1.53. The smallest absolute Gasteiger partial charge is 0.0662 e. The van der Waals surface area contributed by atoms with Crippen molar-refractivity contribution in [3.63, 3.8) is 0 Å². The molecule has 0 heterocycles. The summed E-state index contributed by atoms with van der Waals surface area (Å²) in [6.45, 7) is 0. The fourth-order valence-electron chi connectivity index (χ4n) is 1.89. The SMILES string of the molecule is N#CC1CC2=CCC1C2. The van der Waals surface area contributed by atoms with E-state index in [1.54, 1.807) is 0 Å². The molecule has 2 rings (SSSR count). The van der Waals surface area contributed by atoms with E-state index in [1.165, 1.54) is 18.4 Å². The summed E-state index contributed by atoms with van der Waals surface area (Å²) in [4.78, 5) is 0. The minimum Gasteiger partial charge on any atom is -0.198 e. The monoisotopic (exact) mass is 119 g/mol. The van der Waals surface area contributed by atoms with E-state index < -0.39 is 0 Å². The lowest BCUT2D eigenvalue weighted by molar-refractivity contribution is 0.476. The molecule has 1 heteroatoms. The van der Waals surface area contributed by atoms with E-state index in [2.05, 4.69) is 12.1 Å². The Hall–Kier alpha value is -0.770. The molecule has 0 aromatic rings. The fourth-order valence-corrected chi connectivity index (χ4v) is 1.89. The van der Waals surface area contributed by atoms with Crippen molar-refractivity contribution in [2.75, 3.05) is 0 Å². The van der Waals surface area contributed by atoms with Crippen molar-refractivity contribution in [1.82, 2.24) is 0 Å². The van der Waals surface area contributed by atoms with Crippen LogP contribution >= 0.6 is 0 Å². The normalized spacial score (nSPS) is 38.3. The van der Waals surface area contributed by atoms with E-state index in [0.717, 1.165) is 6.42 Å². The van der Waals surface area contributed by atoms with Gasteiger partial charge in [-0.1, -0.05) is 11.6 Å². The summed E-state index contributed by atoms with van der Waals surface area (Å²) in [7, 11) is 0. The minimum absolute atomic E-state index is 0.366. The van der Waals surface area contributed by atoms with Crippen LogP contribution in [-0.2, 0) is 0 Å². The lowest BCUT2D eigenvalue weighted by Gasteiger charge is -2.08. The van der Waals surface area contributed by atoms with Gasteiger partial charge in [-0.15, -0.1) is 0 Å². The first-order valence-electron chi connectivity index (χ1n) is 3.47. The molecule has 9 heavy (non-hydrogen) atoms. The number of nitrogens with zero attached hydrogens (tertiary/aromatic N) is 1. The number of hydrogen-bond acceptors (Lipinski definition) is 1. The summed E-state index contributed by atoms with van der Waals surface area (Å²) >= 11 is 0. The van der Waals surface area contributed by atoms with E-state index in [9.17, 15) is 0 Å². The number of hydrogen-bond donors (Lipinski definition) is 0. The van der Waals surface area contributed by atoms with Crippen LogP contribution < -0.4 is 0 Å². The molecule has 0 aliphatic heterocycles. The van der Waals surface area contributed by atoms with E-state index in [4.69, 9.17) is 5.26 Å². The topological polar surface area (TPSA) is 23.8 Å². The highest BCUT2D eigenvalue weighted by Crippen LogP contribution is 2.43. The molecular weight excluding hydrogens is 110 g/mol. The number of allylic oxidation sites excluding steroid dienone is 2. The molecule has 2 bridgehead atoms. The quantitative estimate of drug-likeness (QED) is 0.446. The molecule has 0 aromatic heterocycles. The van der Waals surface area contributed by atoms with Gasteiger partial charge in [-0.2, -0.15) is 5.26 Å². The van der Waals surface area contributed by atoms with E-state index in [-0.39, 0.29) is 0 Å². The van der Waals surface area contributed by atoms with Crippen molar-refractivity contribution in [2.45, 2.75) is 19.3 Å². The van der Waals surface area contributed by atoms with Gasteiger partial charge in [0, 0.05) is 0 Å². The minimum atomic E-state index is 0.366. The molecule has 0 radical (unpaired) electrons. The van der Waals surface area contributed by atoms with E-state index >= 15 is 0 Å². The van der Waals surface area contributed by atoms with Gasteiger partial charge in [-0.3, -0.25) is 0 Å². The van der Waals surface area contributed by atoms with Crippen molar-refractivity contribution in [3.8, 4) is 6.07 Å². The molecule has 0 aromatic carbocycles. The second-order valence-corrected chi connectivity index (χ2v) is 3.00. The second kappa shape index (κ2) is 1.60. The molecule has 0 spiro atoms. The maximum atomic E-state index is 8.61. The van der Waals surface area contributed by atoms with Gasteiger partial charge >= 0.3 is 0 Å². The first-order valence-corrected chi connectivity index (χ1v) is 3.47. The molecule has 46 valence electrons. The zero-order valence-electron chi connectivity index (χ0n) is 5.30. The molecule has 2 aliphatic rings. The van der Waals surface area contributed by atoms with Gasteiger partial charge in [-0.25, -0.2) is 0 Å². The van der Waals surface area contributed by atoms with Crippen LogP contribution in [0.15, 0.2) is 11.6 Å². The molecular formula is C8H9N. The third-order valence-electron chi connectivity index (χ3n) is 2.45. The highest BCUT2D eigenvalue weighted by molar-refractivity contribution is 5.21. The Bertz CT molecular complexity index is 197. The Morgan fingerprint density at radius 3 is 2.78 bits per heavy atom. The van der Waals surface area contributed by atoms with Crippen molar-refractivity contribution >= 4 is 0 Å². The summed E-state index contributed by atoms with van der Waals surface area (Å²) in [6, 6.07) is 2.35. The van der Waals surface area contributed by atoms with Crippen molar-refractivity contribution in [2.24, 2.45) is 11.8 Å². The molecule has 1 saturated carbocycles. The molecule has 0 saturated heterocycles. The maximum Gasteiger partial charge on any atom is 0.0662 e. The predicted octanol–water partition coefficient (Wildman–Crippen LogP) is 1.87. The Kier molecular flexibility index (Phi) is 0.900. The molecule has 0 amide bonds. The number of nitriles is 1. The predicted molar refractivity (Wildman–Crippen MR) is 34.5 cm³/mol. The third-order valence-corrected chi connectivity index (χ3v) is 2.45. The Morgan fingerprint density at radius 2 is 2.44 bits per heavy atom.